The fourth-order valence-electron chi connectivity index (χ4n) is 2.89. The molecular weight excluding hydrogens is 290 g/mol. The zero-order valence-electron chi connectivity index (χ0n) is 13.0. The fourth-order valence-corrected chi connectivity index (χ4v) is 2.89. The van der Waals surface area contributed by atoms with E-state index < -0.39 is 0 Å². The summed E-state index contributed by atoms with van der Waals surface area (Å²) >= 11 is 0. The first-order chi connectivity index (χ1) is 11.2. The largest absolute Gasteiger partial charge is 0.454 e. The van der Waals surface area contributed by atoms with Crippen LogP contribution in [-0.4, -0.2) is 17.9 Å². The highest BCUT2D eigenvalue weighted by Crippen LogP contribution is 2.21. The zero-order valence-corrected chi connectivity index (χ0v) is 13.0. The molecule has 1 fully saturated rings. The number of benzene rings is 1. The van der Waals surface area contributed by atoms with E-state index in [0.29, 0.717) is 11.3 Å². The quantitative estimate of drug-likeness (QED) is 0.484. The third-order valence-electron chi connectivity index (χ3n) is 4.14. The molecule has 23 heavy (non-hydrogen) atoms. The predicted octanol–water partition coefficient (Wildman–Crippen LogP) is 2.96. The van der Waals surface area contributed by atoms with Crippen molar-refractivity contribution in [2.45, 2.75) is 38.3 Å². The summed E-state index contributed by atoms with van der Waals surface area (Å²) in [6.07, 6.45) is 5.84. The van der Waals surface area contributed by atoms with Crippen LogP contribution in [0.4, 0.5) is 0 Å². The van der Waals surface area contributed by atoms with Crippen molar-refractivity contribution in [3.63, 3.8) is 0 Å². The summed E-state index contributed by atoms with van der Waals surface area (Å²) in [5, 5.41) is 0. The van der Waals surface area contributed by atoms with Gasteiger partial charge in [0.15, 0.2) is 6.20 Å². The van der Waals surface area contributed by atoms with Crippen molar-refractivity contribution in [1.82, 2.24) is 0 Å². The van der Waals surface area contributed by atoms with Crippen molar-refractivity contribution < 1.29 is 18.9 Å². The van der Waals surface area contributed by atoms with E-state index in [9.17, 15) is 9.59 Å². The second-order valence-corrected chi connectivity index (χ2v) is 5.81. The van der Waals surface area contributed by atoms with E-state index in [1.54, 1.807) is 35.0 Å². The molecule has 1 aliphatic rings. The van der Waals surface area contributed by atoms with Crippen LogP contribution >= 0.6 is 0 Å². The standard InChI is InChI=1S/C19H20NO3/c21-18(15-8-2-1-3-9-15)14-20-13-7-6-12-17(20)19(22)23-16-10-4-5-11-16/h1-3,6-9,12-13,16H,4-5,10-11,14H2/q+1. The maximum Gasteiger partial charge on any atom is 0.403 e. The molecule has 0 atom stereocenters. The first-order valence-electron chi connectivity index (χ1n) is 8.02. The molecular formula is C19H20NO3+. The van der Waals surface area contributed by atoms with E-state index in [-0.39, 0.29) is 24.4 Å². The highest BCUT2D eigenvalue weighted by molar-refractivity contribution is 5.95. The van der Waals surface area contributed by atoms with Gasteiger partial charge in [0.25, 0.3) is 5.69 Å². The number of pyridine rings is 1. The minimum Gasteiger partial charge on any atom is -0.454 e. The zero-order chi connectivity index (χ0) is 16.1. The van der Waals surface area contributed by atoms with Crippen LogP contribution in [0.25, 0.3) is 0 Å². The number of ketones is 1. The summed E-state index contributed by atoms with van der Waals surface area (Å²) in [7, 11) is 0. The molecule has 1 aromatic heterocycles. The lowest BCUT2D eigenvalue weighted by molar-refractivity contribution is -0.685. The van der Waals surface area contributed by atoms with Crippen LogP contribution < -0.4 is 4.57 Å². The van der Waals surface area contributed by atoms with Gasteiger partial charge in [-0.25, -0.2) is 4.79 Å². The molecule has 1 aromatic carbocycles. The lowest BCUT2D eigenvalue weighted by atomic mass is 10.1. The first-order valence-corrected chi connectivity index (χ1v) is 8.02. The second kappa shape index (κ2) is 7.18. The minimum absolute atomic E-state index is 0.0148. The van der Waals surface area contributed by atoms with E-state index >= 15 is 0 Å². The van der Waals surface area contributed by atoms with Crippen LogP contribution in [0.5, 0.6) is 0 Å². The van der Waals surface area contributed by atoms with Crippen LogP contribution in [0, 0.1) is 0 Å². The molecule has 4 nitrogen and oxygen atoms in total. The Labute approximate surface area is 135 Å². The summed E-state index contributed by atoms with van der Waals surface area (Å²) < 4.78 is 7.21. The molecule has 0 saturated heterocycles. The fraction of sp³-hybridized carbons (Fsp3) is 0.316. The van der Waals surface area contributed by atoms with Crippen molar-refractivity contribution in [2.24, 2.45) is 0 Å². The molecule has 1 saturated carbocycles. The van der Waals surface area contributed by atoms with Crippen molar-refractivity contribution in [3.8, 4) is 0 Å². The van der Waals surface area contributed by atoms with Gasteiger partial charge < -0.3 is 4.74 Å². The van der Waals surface area contributed by atoms with Gasteiger partial charge in [-0.15, -0.1) is 0 Å². The molecule has 118 valence electrons. The Kier molecular flexibility index (Phi) is 4.81. The highest BCUT2D eigenvalue weighted by atomic mass is 16.5. The van der Waals surface area contributed by atoms with Crippen molar-refractivity contribution in [2.75, 3.05) is 0 Å². The number of hydrogen-bond donors (Lipinski definition) is 0. The Hall–Kier alpha value is -2.49. The summed E-state index contributed by atoms with van der Waals surface area (Å²) in [5.41, 5.74) is 1.06. The number of hydrogen-bond acceptors (Lipinski definition) is 3. The highest BCUT2D eigenvalue weighted by Gasteiger charge is 2.27. The maximum atomic E-state index is 12.4. The number of carbonyl (C=O) groups excluding carboxylic acids is 2. The molecule has 0 unspecified atom stereocenters. The normalized spacial score (nSPS) is 14.6. The number of ether oxygens (including phenoxy) is 1. The Bertz CT molecular complexity index is 691. The molecule has 0 N–H and O–H groups in total. The number of Topliss-reactive ketones (excluding diaryl/α,β-unsaturated/α-hetero) is 1. The van der Waals surface area contributed by atoms with Crippen molar-refractivity contribution in [1.29, 1.82) is 0 Å². The Morgan fingerprint density at radius 2 is 1.70 bits per heavy atom. The number of nitrogens with zero attached hydrogens (tertiary/aromatic N) is 1. The molecule has 0 aliphatic heterocycles. The van der Waals surface area contributed by atoms with Crippen LogP contribution in [0.2, 0.25) is 0 Å². The van der Waals surface area contributed by atoms with Gasteiger partial charge in [-0.05, 0) is 31.7 Å². The molecule has 3 rings (SSSR count). The number of carbonyl (C=O) groups is 2. The predicted molar refractivity (Wildman–Crippen MR) is 85.1 cm³/mol. The SMILES string of the molecule is O=C(C[n+]1ccccc1C(=O)OC1CCCC1)c1ccccc1. The van der Waals surface area contributed by atoms with E-state index in [1.807, 2.05) is 24.3 Å². The average molecular weight is 310 g/mol. The summed E-state index contributed by atoms with van der Waals surface area (Å²) in [6, 6.07) is 14.4. The van der Waals surface area contributed by atoms with E-state index in [1.165, 1.54) is 0 Å². The molecule has 4 heteroatoms. The Morgan fingerprint density at radius 1 is 1.00 bits per heavy atom. The number of aromatic nitrogens is 1. The average Bonchev–Trinajstić information content (AvgIpc) is 3.09. The number of esters is 1. The Balaban J connectivity index is 1.75. The number of rotatable bonds is 5. The van der Waals surface area contributed by atoms with Gasteiger partial charge in [-0.2, -0.15) is 4.57 Å². The van der Waals surface area contributed by atoms with Crippen LogP contribution in [0.1, 0.15) is 46.5 Å². The van der Waals surface area contributed by atoms with E-state index in [0.717, 1.165) is 25.7 Å². The van der Waals surface area contributed by atoms with Gasteiger partial charge in [0.1, 0.15) is 6.10 Å². The lowest BCUT2D eigenvalue weighted by Gasteiger charge is -2.10. The first kappa shape index (κ1) is 15.4. The molecule has 2 aromatic rings. The lowest BCUT2D eigenvalue weighted by Crippen LogP contribution is -2.44. The summed E-state index contributed by atoms with van der Waals surface area (Å²) in [4.78, 5) is 24.7. The van der Waals surface area contributed by atoms with Crippen LogP contribution in [0.3, 0.4) is 0 Å². The molecule has 0 spiro atoms. The smallest absolute Gasteiger partial charge is 0.403 e. The molecule has 0 radical (unpaired) electrons. The monoisotopic (exact) mass is 310 g/mol. The van der Waals surface area contributed by atoms with Gasteiger partial charge in [0, 0.05) is 17.7 Å². The molecule has 1 aliphatic carbocycles. The van der Waals surface area contributed by atoms with Crippen LogP contribution in [-0.2, 0) is 11.3 Å². The van der Waals surface area contributed by atoms with Crippen LogP contribution in [0.15, 0.2) is 54.7 Å². The van der Waals surface area contributed by atoms with E-state index in [2.05, 4.69) is 0 Å². The second-order valence-electron chi connectivity index (χ2n) is 5.81. The Morgan fingerprint density at radius 3 is 2.43 bits per heavy atom. The maximum absolute atomic E-state index is 12.4. The van der Waals surface area contributed by atoms with E-state index in [4.69, 9.17) is 4.74 Å². The minimum atomic E-state index is -0.349. The summed E-state index contributed by atoms with van der Waals surface area (Å²) in [5.74, 6) is -0.380. The third-order valence-corrected chi connectivity index (χ3v) is 4.14. The van der Waals surface area contributed by atoms with Gasteiger partial charge in [-0.1, -0.05) is 30.3 Å². The van der Waals surface area contributed by atoms with Gasteiger partial charge in [0.2, 0.25) is 12.3 Å². The summed E-state index contributed by atoms with van der Waals surface area (Å²) in [6.45, 7) is 0.125. The van der Waals surface area contributed by atoms with Gasteiger partial charge in [0.05, 0.1) is 0 Å². The molecule has 1 heterocycles. The van der Waals surface area contributed by atoms with Crippen molar-refractivity contribution >= 4 is 11.8 Å². The third kappa shape index (κ3) is 3.83. The molecule has 0 amide bonds. The topological polar surface area (TPSA) is 47.2 Å². The van der Waals surface area contributed by atoms with Gasteiger partial charge in [-0.3, -0.25) is 4.79 Å². The molecule has 0 bridgehead atoms. The van der Waals surface area contributed by atoms with Gasteiger partial charge >= 0.3 is 5.97 Å². The van der Waals surface area contributed by atoms with Crippen molar-refractivity contribution in [3.05, 3.63) is 66.0 Å².